The average Bonchev–Trinajstić information content (AvgIpc) is 2.81. The van der Waals surface area contributed by atoms with Crippen molar-refractivity contribution in [2.45, 2.75) is 25.7 Å². The quantitative estimate of drug-likeness (QED) is 0.919. The lowest BCUT2D eigenvalue weighted by Crippen LogP contribution is -2.21. The maximum Gasteiger partial charge on any atom is 0.408 e. The minimum Gasteiger partial charge on any atom is -0.461 e. The van der Waals surface area contributed by atoms with Crippen molar-refractivity contribution >= 4 is 0 Å². The molecule has 2 rings (SSSR count). The van der Waals surface area contributed by atoms with Crippen LogP contribution in [0.3, 0.4) is 0 Å². The van der Waals surface area contributed by atoms with E-state index in [1.165, 1.54) is 19.3 Å². The van der Waals surface area contributed by atoms with Crippen LogP contribution >= 0.6 is 0 Å². The van der Waals surface area contributed by atoms with Crippen molar-refractivity contribution < 1.29 is 22.7 Å². The molecule has 0 saturated heterocycles. The van der Waals surface area contributed by atoms with E-state index in [-0.39, 0.29) is 17.4 Å². The van der Waals surface area contributed by atoms with Crippen LogP contribution in [0.15, 0.2) is 22.8 Å². The van der Waals surface area contributed by atoms with Gasteiger partial charge in [-0.1, -0.05) is 0 Å². The van der Waals surface area contributed by atoms with E-state index in [4.69, 9.17) is 4.42 Å². The second-order valence-corrected chi connectivity index (χ2v) is 3.72. The highest BCUT2D eigenvalue weighted by molar-refractivity contribution is 5.45. The summed E-state index contributed by atoms with van der Waals surface area (Å²) in [4.78, 5) is 3.84. The van der Waals surface area contributed by atoms with Gasteiger partial charge in [0.15, 0.2) is 11.6 Å². The first-order valence-electron chi connectivity index (χ1n) is 5.10. The van der Waals surface area contributed by atoms with Crippen LogP contribution in [-0.2, 0) is 6.54 Å². The lowest BCUT2D eigenvalue weighted by atomic mass is 10.4. The van der Waals surface area contributed by atoms with Gasteiger partial charge in [-0.2, -0.15) is 13.2 Å². The Labute approximate surface area is 99.9 Å². The zero-order valence-corrected chi connectivity index (χ0v) is 9.35. The summed E-state index contributed by atoms with van der Waals surface area (Å²) in [6.45, 7) is 0.0176. The summed E-state index contributed by atoms with van der Waals surface area (Å²) in [5, 5.41) is 13.1. The molecule has 0 aliphatic carbocycles. The normalized spacial score (nSPS) is 13.8. The van der Waals surface area contributed by atoms with Gasteiger partial charge < -0.3 is 9.52 Å². The number of aromatic nitrogens is 3. The molecule has 2 heterocycles. The van der Waals surface area contributed by atoms with E-state index in [2.05, 4.69) is 10.1 Å². The summed E-state index contributed by atoms with van der Waals surface area (Å²) >= 11 is 0. The third-order valence-electron chi connectivity index (χ3n) is 2.14. The van der Waals surface area contributed by atoms with Crippen LogP contribution in [0.1, 0.15) is 18.9 Å². The molecule has 1 N–H and O–H groups in total. The molecular formula is C10H10F3N3O2. The monoisotopic (exact) mass is 261 g/mol. The number of halogens is 3. The Morgan fingerprint density at radius 1 is 1.50 bits per heavy atom. The predicted molar refractivity (Wildman–Crippen MR) is 54.4 cm³/mol. The number of alkyl halides is 3. The lowest BCUT2D eigenvalue weighted by molar-refractivity contribution is -0.143. The Hall–Kier alpha value is -1.83. The number of nitrogens with zero attached hydrogens (tertiary/aromatic N) is 3. The second kappa shape index (κ2) is 4.45. The Morgan fingerprint density at radius 2 is 2.22 bits per heavy atom. The van der Waals surface area contributed by atoms with Crippen LogP contribution in [0.2, 0.25) is 0 Å². The first-order chi connectivity index (χ1) is 8.37. The van der Waals surface area contributed by atoms with Crippen LogP contribution in [0.5, 0.6) is 0 Å². The summed E-state index contributed by atoms with van der Waals surface area (Å²) in [7, 11) is 0. The topological polar surface area (TPSA) is 64.1 Å². The fraction of sp³-hybridized carbons (Fsp3) is 0.400. The van der Waals surface area contributed by atoms with E-state index in [9.17, 15) is 18.3 Å². The van der Waals surface area contributed by atoms with Gasteiger partial charge in [0.1, 0.15) is 12.6 Å². The van der Waals surface area contributed by atoms with Crippen LogP contribution in [0, 0.1) is 0 Å². The van der Waals surface area contributed by atoms with Crippen molar-refractivity contribution in [2.75, 3.05) is 0 Å². The highest BCUT2D eigenvalue weighted by Crippen LogP contribution is 2.23. The third-order valence-corrected chi connectivity index (χ3v) is 2.14. The molecule has 0 unspecified atom stereocenters. The lowest BCUT2D eigenvalue weighted by Gasteiger charge is -2.09. The number of aliphatic hydroxyl groups excluding tert-OH is 1. The predicted octanol–water partition coefficient (Wildman–Crippen LogP) is 2.15. The molecule has 0 fully saturated rings. The average molecular weight is 261 g/mol. The molecule has 0 saturated carbocycles. The van der Waals surface area contributed by atoms with E-state index in [0.717, 1.165) is 0 Å². The molecule has 0 amide bonds. The van der Waals surface area contributed by atoms with E-state index in [1.807, 2.05) is 0 Å². The van der Waals surface area contributed by atoms with Gasteiger partial charge in [0.05, 0.1) is 6.26 Å². The number of hydrogen-bond acceptors (Lipinski definition) is 4. The molecule has 2 aromatic heterocycles. The van der Waals surface area contributed by atoms with Gasteiger partial charge in [0, 0.05) is 0 Å². The molecular weight excluding hydrogens is 251 g/mol. The van der Waals surface area contributed by atoms with Crippen molar-refractivity contribution in [2.24, 2.45) is 0 Å². The maximum absolute atomic E-state index is 12.3. The fourth-order valence-corrected chi connectivity index (χ4v) is 1.46. The molecule has 0 spiro atoms. The van der Waals surface area contributed by atoms with E-state index >= 15 is 0 Å². The zero-order chi connectivity index (χ0) is 13.3. The molecule has 5 nitrogen and oxygen atoms in total. The van der Waals surface area contributed by atoms with Gasteiger partial charge in [-0.25, -0.2) is 9.67 Å². The molecule has 0 bridgehead atoms. The highest BCUT2D eigenvalue weighted by atomic mass is 19.4. The van der Waals surface area contributed by atoms with E-state index in [0.29, 0.717) is 4.68 Å². The molecule has 98 valence electrons. The summed E-state index contributed by atoms with van der Waals surface area (Å²) in [6.07, 6.45) is -4.22. The third kappa shape index (κ3) is 2.70. The highest BCUT2D eigenvalue weighted by Gasteiger charge is 2.31. The summed E-state index contributed by atoms with van der Waals surface area (Å²) in [6, 6.07) is 3.10. The Balaban J connectivity index is 2.39. The second-order valence-electron chi connectivity index (χ2n) is 3.72. The van der Waals surface area contributed by atoms with Gasteiger partial charge in [-0.15, -0.1) is 5.10 Å². The van der Waals surface area contributed by atoms with Crippen molar-refractivity contribution in [3.05, 3.63) is 24.2 Å². The SMILES string of the molecule is C[C@@H](O)c1nc(-c2ccco2)nn1CC(F)(F)F. The maximum atomic E-state index is 12.3. The molecule has 0 radical (unpaired) electrons. The van der Waals surface area contributed by atoms with Crippen LogP contribution in [-0.4, -0.2) is 26.0 Å². The number of aliphatic hydroxyl groups is 1. The van der Waals surface area contributed by atoms with Gasteiger partial charge in [0.2, 0.25) is 5.82 Å². The molecule has 8 heteroatoms. The number of hydrogen-bond donors (Lipinski definition) is 1. The molecule has 2 aromatic rings. The molecule has 0 aromatic carbocycles. The molecule has 18 heavy (non-hydrogen) atoms. The summed E-state index contributed by atoms with van der Waals surface area (Å²) in [5.74, 6) is 0.108. The summed E-state index contributed by atoms with van der Waals surface area (Å²) < 4.78 is 42.7. The van der Waals surface area contributed by atoms with E-state index < -0.39 is 18.8 Å². The smallest absolute Gasteiger partial charge is 0.408 e. The zero-order valence-electron chi connectivity index (χ0n) is 9.35. The van der Waals surface area contributed by atoms with Crippen molar-refractivity contribution in [3.8, 4) is 11.6 Å². The Morgan fingerprint density at radius 3 is 2.72 bits per heavy atom. The van der Waals surface area contributed by atoms with Gasteiger partial charge >= 0.3 is 6.18 Å². The van der Waals surface area contributed by atoms with Gasteiger partial charge in [-0.3, -0.25) is 0 Å². The first kappa shape index (κ1) is 12.6. The molecule has 0 aliphatic rings. The Bertz CT molecular complexity index is 517. The fourth-order valence-electron chi connectivity index (χ4n) is 1.46. The van der Waals surface area contributed by atoms with E-state index in [1.54, 1.807) is 6.07 Å². The minimum absolute atomic E-state index is 0.0140. The Kier molecular flexibility index (Phi) is 3.12. The summed E-state index contributed by atoms with van der Waals surface area (Å²) in [5.41, 5.74) is 0. The van der Waals surface area contributed by atoms with Gasteiger partial charge in [0.25, 0.3) is 0 Å². The van der Waals surface area contributed by atoms with Gasteiger partial charge in [-0.05, 0) is 19.1 Å². The molecule has 0 aliphatic heterocycles. The van der Waals surface area contributed by atoms with Crippen molar-refractivity contribution in [1.29, 1.82) is 0 Å². The van der Waals surface area contributed by atoms with Crippen LogP contribution < -0.4 is 0 Å². The standard InChI is InChI=1S/C10H10F3N3O2/c1-6(17)9-14-8(7-3-2-4-18-7)15-16(9)5-10(11,12)13/h2-4,6,17H,5H2,1H3/t6-/m1/s1. The number of furan rings is 1. The molecule has 1 atom stereocenters. The van der Waals surface area contributed by atoms with Crippen LogP contribution in [0.25, 0.3) is 11.6 Å². The number of rotatable bonds is 3. The first-order valence-corrected chi connectivity index (χ1v) is 5.10. The van der Waals surface area contributed by atoms with Crippen molar-refractivity contribution in [3.63, 3.8) is 0 Å². The van der Waals surface area contributed by atoms with Crippen LogP contribution in [0.4, 0.5) is 13.2 Å². The largest absolute Gasteiger partial charge is 0.461 e. The minimum atomic E-state index is -4.43. The van der Waals surface area contributed by atoms with Crippen molar-refractivity contribution in [1.82, 2.24) is 14.8 Å².